The van der Waals surface area contributed by atoms with E-state index in [1.165, 1.54) is 24.6 Å². The molecule has 1 N–H and O–H groups in total. The lowest BCUT2D eigenvalue weighted by Gasteiger charge is -2.24. The first-order chi connectivity index (χ1) is 15.5. The predicted octanol–water partition coefficient (Wildman–Crippen LogP) is 5.61. The molecule has 166 valence electrons. The van der Waals surface area contributed by atoms with Crippen LogP contribution < -0.4 is 14.2 Å². The largest absolute Gasteiger partial charge is 0.495 e. The van der Waals surface area contributed by atoms with Gasteiger partial charge in [0.2, 0.25) is 0 Å². The molecule has 1 fully saturated rings. The molecular weight excluding hydrogens is 496 g/mol. The number of methoxy groups -OCH3 is 3. The number of rotatable bonds is 6. The summed E-state index contributed by atoms with van der Waals surface area (Å²) < 4.78 is 26.0. The molecule has 0 bridgehead atoms. The van der Waals surface area contributed by atoms with Crippen LogP contribution >= 0.6 is 27.9 Å². The van der Waals surface area contributed by atoms with Crippen molar-refractivity contribution in [1.82, 2.24) is 5.16 Å². The molecule has 0 radical (unpaired) electrons. The minimum absolute atomic E-state index is 0.174. The third-order valence-electron chi connectivity index (χ3n) is 6.09. The van der Waals surface area contributed by atoms with Crippen molar-refractivity contribution in [3.63, 3.8) is 0 Å². The van der Waals surface area contributed by atoms with Crippen LogP contribution in [0.25, 0.3) is 11.3 Å². The number of carbonyl (C=O) groups is 1. The number of ether oxygens (including phenoxy) is 3. The smallest absolute Gasteiger partial charge is 0.338 e. The molecule has 1 spiro atoms. The summed E-state index contributed by atoms with van der Waals surface area (Å²) in [5.41, 5.74) is 4.03. The van der Waals surface area contributed by atoms with Gasteiger partial charge in [0.05, 0.1) is 26.9 Å². The van der Waals surface area contributed by atoms with Crippen LogP contribution in [0.5, 0.6) is 11.5 Å². The predicted molar refractivity (Wildman–Crippen MR) is 125 cm³/mol. The number of esters is 1. The Labute approximate surface area is 198 Å². The maximum Gasteiger partial charge on any atom is 0.338 e. The lowest BCUT2D eigenvalue weighted by molar-refractivity contribution is 0.0599. The molecule has 0 saturated heterocycles. The summed E-state index contributed by atoms with van der Waals surface area (Å²) in [4.78, 5) is 12.7. The molecular formula is C23H21BrN2O5S. The molecule has 5 rings (SSSR count). The number of carbonyl (C=O) groups excluding carboxylic acids is 1. The van der Waals surface area contributed by atoms with Gasteiger partial charge in [-0.05, 0) is 61.0 Å². The van der Waals surface area contributed by atoms with Crippen LogP contribution in [0.1, 0.15) is 34.3 Å². The van der Waals surface area contributed by atoms with Gasteiger partial charge < -0.3 is 23.5 Å². The number of hydrogen-bond donors (Lipinski definition) is 1. The number of benzene rings is 2. The highest BCUT2D eigenvalue weighted by Crippen LogP contribution is 2.58. The molecule has 7 nitrogen and oxygen atoms in total. The molecule has 0 aliphatic heterocycles. The third-order valence-corrected chi connectivity index (χ3v) is 7.48. The van der Waals surface area contributed by atoms with Crippen molar-refractivity contribution >= 4 is 39.7 Å². The van der Waals surface area contributed by atoms with E-state index in [0.29, 0.717) is 27.8 Å². The Kier molecular flexibility index (Phi) is 5.33. The maximum absolute atomic E-state index is 12.0. The van der Waals surface area contributed by atoms with Gasteiger partial charge >= 0.3 is 5.97 Å². The van der Waals surface area contributed by atoms with Gasteiger partial charge in [0.15, 0.2) is 11.6 Å². The zero-order valence-corrected chi connectivity index (χ0v) is 20.2. The molecule has 2 aromatic carbocycles. The van der Waals surface area contributed by atoms with Gasteiger partial charge in [-0.1, -0.05) is 27.2 Å². The van der Waals surface area contributed by atoms with E-state index in [1.54, 1.807) is 26.4 Å². The summed E-state index contributed by atoms with van der Waals surface area (Å²) in [7, 11) is 4.43. The fourth-order valence-corrected chi connectivity index (χ4v) is 5.48. The van der Waals surface area contributed by atoms with Crippen molar-refractivity contribution in [3.8, 4) is 22.8 Å². The molecule has 1 aromatic heterocycles. The van der Waals surface area contributed by atoms with Crippen LogP contribution in [0, 0.1) is 0 Å². The Hall–Kier alpha value is -2.65. The molecule has 0 amide bonds. The van der Waals surface area contributed by atoms with Gasteiger partial charge in [-0.3, -0.25) is 0 Å². The van der Waals surface area contributed by atoms with Crippen molar-refractivity contribution in [1.29, 1.82) is 0 Å². The average Bonchev–Trinajstić information content (AvgIpc) is 3.46. The second-order valence-electron chi connectivity index (χ2n) is 7.89. The minimum atomic E-state index is -0.462. The van der Waals surface area contributed by atoms with Gasteiger partial charge in [0.1, 0.15) is 16.4 Å². The summed E-state index contributed by atoms with van der Waals surface area (Å²) in [5.74, 6) is 2.02. The molecule has 9 heteroatoms. The second-order valence-corrected chi connectivity index (χ2v) is 9.62. The standard InChI is InChI=1S/C23H21BrN2O5S/c1-28-17-8-12(22(27)30-3)9-18(29-2)20(17)32-26-21-15-11-23(6-7-23)16-5-4-13(24)10-14(16)19(15)31-25-21/h4-5,8-10H,6-7,11H2,1-3H3,(H,25,26). The zero-order valence-electron chi connectivity index (χ0n) is 17.8. The lowest BCUT2D eigenvalue weighted by atomic mass is 9.79. The van der Waals surface area contributed by atoms with Crippen molar-refractivity contribution in [2.24, 2.45) is 0 Å². The van der Waals surface area contributed by atoms with E-state index in [2.05, 4.69) is 44.0 Å². The number of anilines is 1. The van der Waals surface area contributed by atoms with Crippen molar-refractivity contribution in [2.75, 3.05) is 26.1 Å². The third kappa shape index (κ3) is 3.44. The molecule has 1 saturated carbocycles. The van der Waals surface area contributed by atoms with Crippen LogP contribution in [0.4, 0.5) is 5.82 Å². The van der Waals surface area contributed by atoms with Crippen LogP contribution in [0.2, 0.25) is 0 Å². The average molecular weight is 517 g/mol. The minimum Gasteiger partial charge on any atom is -0.495 e. The van der Waals surface area contributed by atoms with E-state index in [1.807, 2.05) is 0 Å². The fraction of sp³-hybridized carbons (Fsp3) is 0.304. The SMILES string of the molecule is COC(=O)c1cc(OC)c(SNc2noc3c2CC2(CC2)c2ccc(Br)cc2-3)c(OC)c1. The van der Waals surface area contributed by atoms with E-state index in [0.717, 1.165) is 40.6 Å². The maximum atomic E-state index is 12.0. The number of nitrogens with one attached hydrogen (secondary N) is 1. The van der Waals surface area contributed by atoms with Crippen molar-refractivity contribution in [2.45, 2.75) is 29.6 Å². The van der Waals surface area contributed by atoms with E-state index in [4.69, 9.17) is 18.7 Å². The molecule has 0 unspecified atom stereocenters. The Balaban J connectivity index is 1.48. The zero-order chi connectivity index (χ0) is 22.5. The molecule has 1 heterocycles. The topological polar surface area (TPSA) is 82.8 Å². The highest BCUT2D eigenvalue weighted by molar-refractivity contribution is 9.10. The Morgan fingerprint density at radius 1 is 1.16 bits per heavy atom. The first-order valence-corrected chi connectivity index (χ1v) is 11.7. The highest BCUT2D eigenvalue weighted by Gasteiger charge is 2.50. The van der Waals surface area contributed by atoms with E-state index in [-0.39, 0.29) is 5.41 Å². The van der Waals surface area contributed by atoms with Gasteiger partial charge in [0, 0.05) is 21.0 Å². The molecule has 2 aliphatic carbocycles. The first kappa shape index (κ1) is 21.2. The number of halogens is 1. The van der Waals surface area contributed by atoms with E-state index < -0.39 is 5.97 Å². The lowest BCUT2D eigenvalue weighted by Crippen LogP contribution is -2.17. The van der Waals surface area contributed by atoms with Crippen LogP contribution in [0.15, 0.2) is 44.2 Å². The van der Waals surface area contributed by atoms with E-state index in [9.17, 15) is 4.79 Å². The number of hydrogen-bond acceptors (Lipinski definition) is 8. The van der Waals surface area contributed by atoms with Crippen LogP contribution in [-0.2, 0) is 16.6 Å². The molecule has 3 aromatic rings. The van der Waals surface area contributed by atoms with Crippen molar-refractivity contribution in [3.05, 3.63) is 51.5 Å². The van der Waals surface area contributed by atoms with Gasteiger partial charge in [-0.25, -0.2) is 4.79 Å². The van der Waals surface area contributed by atoms with Crippen LogP contribution in [0.3, 0.4) is 0 Å². The quantitative estimate of drug-likeness (QED) is 0.334. The molecule has 0 atom stereocenters. The number of nitrogens with zero attached hydrogens (tertiary/aromatic N) is 1. The Morgan fingerprint density at radius 3 is 2.50 bits per heavy atom. The van der Waals surface area contributed by atoms with Gasteiger partial charge in [0.25, 0.3) is 0 Å². The Bertz CT molecular complexity index is 1200. The second kappa shape index (κ2) is 8.04. The summed E-state index contributed by atoms with van der Waals surface area (Å²) in [6, 6.07) is 9.64. The first-order valence-electron chi connectivity index (χ1n) is 10.1. The van der Waals surface area contributed by atoms with Gasteiger partial charge in [-0.15, -0.1) is 0 Å². The fourth-order valence-electron chi connectivity index (χ4n) is 4.28. The van der Waals surface area contributed by atoms with E-state index >= 15 is 0 Å². The van der Waals surface area contributed by atoms with Gasteiger partial charge in [-0.2, -0.15) is 0 Å². The monoisotopic (exact) mass is 516 g/mol. The molecule has 2 aliphatic rings. The Morgan fingerprint density at radius 2 is 1.88 bits per heavy atom. The normalized spacial score (nSPS) is 15.0. The highest BCUT2D eigenvalue weighted by atomic mass is 79.9. The van der Waals surface area contributed by atoms with Crippen LogP contribution in [-0.4, -0.2) is 32.5 Å². The summed E-state index contributed by atoms with van der Waals surface area (Å²) in [5, 5.41) is 4.33. The summed E-state index contributed by atoms with van der Waals surface area (Å²) >= 11 is 4.88. The summed E-state index contributed by atoms with van der Waals surface area (Å²) in [6.07, 6.45) is 3.21. The number of fused-ring (bicyclic) bond motifs is 4. The number of aromatic nitrogens is 1. The van der Waals surface area contributed by atoms with Crippen molar-refractivity contribution < 1.29 is 23.5 Å². The summed E-state index contributed by atoms with van der Waals surface area (Å²) in [6.45, 7) is 0. The molecule has 32 heavy (non-hydrogen) atoms.